The Kier molecular flexibility index (Phi) is 3.39. The van der Waals surface area contributed by atoms with Crippen molar-refractivity contribution in [3.8, 4) is 5.75 Å². The van der Waals surface area contributed by atoms with Gasteiger partial charge in [0.2, 0.25) is 0 Å². The zero-order valence-electron chi connectivity index (χ0n) is 9.35. The molecule has 2 aromatic carbocycles. The number of benzene rings is 2. The van der Waals surface area contributed by atoms with Gasteiger partial charge in [-0.1, -0.05) is 23.7 Å². The number of nitrogens with one attached hydrogen (secondary N) is 1. The molecule has 0 radical (unpaired) electrons. The molecule has 0 aliphatic carbocycles. The second-order valence-corrected chi connectivity index (χ2v) is 4.11. The Morgan fingerprint density at radius 2 is 1.94 bits per heavy atom. The average molecular weight is 263 g/mol. The fourth-order valence-corrected chi connectivity index (χ4v) is 1.67. The number of nitrogen functional groups attached to an aromatic ring is 1. The van der Waals surface area contributed by atoms with Gasteiger partial charge >= 0.3 is 0 Å². The molecule has 92 valence electrons. The van der Waals surface area contributed by atoms with Gasteiger partial charge in [-0.2, -0.15) is 0 Å². The van der Waals surface area contributed by atoms with Crippen LogP contribution in [0.5, 0.6) is 5.75 Å². The second-order valence-electron chi connectivity index (χ2n) is 3.71. The van der Waals surface area contributed by atoms with Gasteiger partial charge in [0.1, 0.15) is 5.75 Å². The van der Waals surface area contributed by atoms with E-state index in [2.05, 4.69) is 5.32 Å². The highest BCUT2D eigenvalue weighted by Gasteiger charge is 2.09. The van der Waals surface area contributed by atoms with Gasteiger partial charge in [-0.25, -0.2) is 0 Å². The number of rotatable bonds is 2. The highest BCUT2D eigenvalue weighted by atomic mass is 35.5. The van der Waals surface area contributed by atoms with E-state index in [9.17, 15) is 9.90 Å². The van der Waals surface area contributed by atoms with Crippen LogP contribution in [0.3, 0.4) is 0 Å². The van der Waals surface area contributed by atoms with Crippen molar-refractivity contribution in [3.05, 3.63) is 53.1 Å². The maximum absolute atomic E-state index is 11.9. The molecule has 0 saturated heterocycles. The van der Waals surface area contributed by atoms with Crippen molar-refractivity contribution < 1.29 is 9.90 Å². The third-order valence-corrected chi connectivity index (χ3v) is 2.71. The molecule has 1 amide bonds. The maximum Gasteiger partial charge on any atom is 0.257 e. The standard InChI is InChI=1S/C13H11ClN2O2/c14-10-7-8(5-6-12(10)17)16-13(18)9-3-1-2-4-11(9)15/h1-7,17H,15H2,(H,16,18). The predicted octanol–water partition coefficient (Wildman–Crippen LogP) is 2.88. The molecule has 0 saturated carbocycles. The number of hydrogen-bond acceptors (Lipinski definition) is 3. The Bertz CT molecular complexity index is 599. The smallest absolute Gasteiger partial charge is 0.257 e. The third kappa shape index (κ3) is 2.55. The summed E-state index contributed by atoms with van der Waals surface area (Å²) >= 11 is 5.75. The highest BCUT2D eigenvalue weighted by molar-refractivity contribution is 6.32. The van der Waals surface area contributed by atoms with Crippen molar-refractivity contribution in [1.29, 1.82) is 0 Å². The number of aromatic hydroxyl groups is 1. The molecule has 0 aliphatic rings. The SMILES string of the molecule is Nc1ccccc1C(=O)Nc1ccc(O)c(Cl)c1. The molecule has 0 bridgehead atoms. The molecule has 0 unspecified atom stereocenters. The van der Waals surface area contributed by atoms with E-state index < -0.39 is 0 Å². The van der Waals surface area contributed by atoms with Crippen molar-refractivity contribution >= 4 is 28.9 Å². The van der Waals surface area contributed by atoms with Crippen LogP contribution in [-0.2, 0) is 0 Å². The summed E-state index contributed by atoms with van der Waals surface area (Å²) in [7, 11) is 0. The Labute approximate surface area is 109 Å². The van der Waals surface area contributed by atoms with Crippen LogP contribution < -0.4 is 11.1 Å². The Morgan fingerprint density at radius 3 is 2.61 bits per heavy atom. The lowest BCUT2D eigenvalue weighted by Crippen LogP contribution is -2.13. The van der Waals surface area contributed by atoms with E-state index in [0.29, 0.717) is 16.9 Å². The first-order valence-electron chi connectivity index (χ1n) is 5.22. The van der Waals surface area contributed by atoms with Crippen LogP contribution in [-0.4, -0.2) is 11.0 Å². The van der Waals surface area contributed by atoms with Crippen LogP contribution in [0.1, 0.15) is 10.4 Å². The van der Waals surface area contributed by atoms with E-state index in [4.69, 9.17) is 17.3 Å². The van der Waals surface area contributed by atoms with Gasteiger partial charge in [-0.3, -0.25) is 4.79 Å². The minimum absolute atomic E-state index is 0.0334. The fraction of sp³-hybridized carbons (Fsp3) is 0. The summed E-state index contributed by atoms with van der Waals surface area (Å²) in [6, 6.07) is 11.2. The molecule has 18 heavy (non-hydrogen) atoms. The van der Waals surface area contributed by atoms with Gasteiger partial charge in [0.15, 0.2) is 0 Å². The summed E-state index contributed by atoms with van der Waals surface area (Å²) < 4.78 is 0. The zero-order chi connectivity index (χ0) is 13.1. The molecule has 2 rings (SSSR count). The first kappa shape index (κ1) is 12.3. The molecule has 0 atom stereocenters. The molecule has 0 fully saturated rings. The number of carbonyl (C=O) groups is 1. The molecule has 0 spiro atoms. The van der Waals surface area contributed by atoms with Gasteiger partial charge in [-0.05, 0) is 30.3 Å². The summed E-state index contributed by atoms with van der Waals surface area (Å²) in [5.41, 5.74) is 6.99. The third-order valence-electron chi connectivity index (χ3n) is 2.41. The number of halogens is 1. The number of nitrogens with two attached hydrogens (primary N) is 1. The van der Waals surface area contributed by atoms with Crippen molar-refractivity contribution in [3.63, 3.8) is 0 Å². The summed E-state index contributed by atoms with van der Waals surface area (Å²) in [6.45, 7) is 0. The van der Waals surface area contributed by atoms with Crippen molar-refractivity contribution in [2.45, 2.75) is 0 Å². The summed E-state index contributed by atoms with van der Waals surface area (Å²) in [6.07, 6.45) is 0. The molecular weight excluding hydrogens is 252 g/mol. The van der Waals surface area contributed by atoms with Crippen LogP contribution in [0.4, 0.5) is 11.4 Å². The topological polar surface area (TPSA) is 75.4 Å². The molecule has 0 aromatic heterocycles. The lowest BCUT2D eigenvalue weighted by molar-refractivity contribution is 0.102. The fourth-order valence-electron chi connectivity index (χ4n) is 1.49. The highest BCUT2D eigenvalue weighted by Crippen LogP contribution is 2.26. The second kappa shape index (κ2) is 4.98. The van der Waals surface area contributed by atoms with E-state index in [-0.39, 0.29) is 16.7 Å². The lowest BCUT2D eigenvalue weighted by atomic mass is 10.1. The summed E-state index contributed by atoms with van der Waals surface area (Å²) in [4.78, 5) is 11.9. The van der Waals surface area contributed by atoms with Crippen molar-refractivity contribution in [2.24, 2.45) is 0 Å². The first-order chi connectivity index (χ1) is 8.58. The van der Waals surface area contributed by atoms with Crippen molar-refractivity contribution in [2.75, 3.05) is 11.1 Å². The number of hydrogen-bond donors (Lipinski definition) is 3. The molecule has 0 aliphatic heterocycles. The average Bonchev–Trinajstić information content (AvgIpc) is 2.34. The van der Waals surface area contributed by atoms with Gasteiger partial charge in [-0.15, -0.1) is 0 Å². The quantitative estimate of drug-likeness (QED) is 0.575. The number of anilines is 2. The number of phenols is 1. The maximum atomic E-state index is 11.9. The van der Waals surface area contributed by atoms with Gasteiger partial charge in [0.05, 0.1) is 10.6 Å². The molecule has 2 aromatic rings. The van der Waals surface area contributed by atoms with Crippen molar-refractivity contribution in [1.82, 2.24) is 0 Å². The van der Waals surface area contributed by atoms with Gasteiger partial charge in [0, 0.05) is 11.4 Å². The Balaban J connectivity index is 2.22. The van der Waals surface area contributed by atoms with Crippen LogP contribution in [0.15, 0.2) is 42.5 Å². The molecule has 5 heteroatoms. The van der Waals surface area contributed by atoms with Crippen LogP contribution in [0, 0.1) is 0 Å². The van der Waals surface area contributed by atoms with Crippen LogP contribution in [0.25, 0.3) is 0 Å². The zero-order valence-corrected chi connectivity index (χ0v) is 10.1. The van der Waals surface area contributed by atoms with Gasteiger partial charge in [0.25, 0.3) is 5.91 Å². The molecule has 4 nitrogen and oxygen atoms in total. The summed E-state index contributed by atoms with van der Waals surface area (Å²) in [5, 5.41) is 12.1. The summed E-state index contributed by atoms with van der Waals surface area (Å²) in [5.74, 6) is -0.358. The van der Waals surface area contributed by atoms with E-state index in [1.807, 2.05) is 0 Å². The van der Waals surface area contributed by atoms with E-state index in [1.165, 1.54) is 12.1 Å². The number of para-hydroxylation sites is 1. The first-order valence-corrected chi connectivity index (χ1v) is 5.60. The monoisotopic (exact) mass is 262 g/mol. The van der Waals surface area contributed by atoms with E-state index in [0.717, 1.165) is 0 Å². The molecule has 0 heterocycles. The lowest BCUT2D eigenvalue weighted by Gasteiger charge is -2.08. The largest absolute Gasteiger partial charge is 0.506 e. The molecular formula is C13H11ClN2O2. The minimum Gasteiger partial charge on any atom is -0.506 e. The van der Waals surface area contributed by atoms with E-state index in [1.54, 1.807) is 30.3 Å². The predicted molar refractivity (Wildman–Crippen MR) is 71.9 cm³/mol. The normalized spacial score (nSPS) is 10.1. The van der Waals surface area contributed by atoms with E-state index >= 15 is 0 Å². The Morgan fingerprint density at radius 1 is 1.22 bits per heavy atom. The number of carbonyl (C=O) groups excluding carboxylic acids is 1. The van der Waals surface area contributed by atoms with Gasteiger partial charge < -0.3 is 16.2 Å². The number of amides is 1. The number of phenolic OH excluding ortho intramolecular Hbond substituents is 1. The molecule has 4 N–H and O–H groups in total. The Hall–Kier alpha value is -2.20. The minimum atomic E-state index is -0.324. The van der Waals surface area contributed by atoms with Crippen LogP contribution in [0.2, 0.25) is 5.02 Å². The van der Waals surface area contributed by atoms with Crippen LogP contribution >= 0.6 is 11.6 Å².